The number of aryl methyl sites for hydroxylation is 1. The van der Waals surface area contributed by atoms with E-state index in [4.69, 9.17) is 5.73 Å². The van der Waals surface area contributed by atoms with Crippen molar-refractivity contribution in [2.75, 3.05) is 13.1 Å². The predicted molar refractivity (Wildman–Crippen MR) is 72.5 cm³/mol. The fraction of sp³-hybridized carbons (Fsp3) is 0.786. The third-order valence-electron chi connectivity index (χ3n) is 4.48. The molecule has 4 heteroatoms. The van der Waals surface area contributed by atoms with Crippen LogP contribution in [0, 0.1) is 0 Å². The highest BCUT2D eigenvalue weighted by molar-refractivity contribution is 5.14. The molecule has 0 amide bonds. The van der Waals surface area contributed by atoms with Gasteiger partial charge in [-0.1, -0.05) is 0 Å². The number of nitrogens with two attached hydrogens (primary N) is 1. The van der Waals surface area contributed by atoms with Gasteiger partial charge in [0.25, 0.3) is 0 Å². The minimum Gasteiger partial charge on any atom is -0.316 e. The minimum atomic E-state index is 0.152. The molecule has 2 N–H and O–H groups in total. The van der Waals surface area contributed by atoms with Gasteiger partial charge in [-0.15, -0.1) is 0 Å². The first-order valence-corrected chi connectivity index (χ1v) is 7.22. The average Bonchev–Trinajstić information content (AvgIpc) is 2.94. The standard InChI is InChI=1S/C14H24N4/c1-10(2)17-7-6-11(9-17)14-16-8-12-4-3-5-13(15)18(12)14/h8,10-11,13H,3-7,9,15H2,1-2H3. The molecule has 100 valence electrons. The van der Waals surface area contributed by atoms with Crippen molar-refractivity contribution >= 4 is 0 Å². The van der Waals surface area contributed by atoms with Gasteiger partial charge in [0, 0.05) is 30.4 Å². The Morgan fingerprint density at radius 2 is 2.22 bits per heavy atom. The lowest BCUT2D eigenvalue weighted by Gasteiger charge is -2.26. The quantitative estimate of drug-likeness (QED) is 0.869. The summed E-state index contributed by atoms with van der Waals surface area (Å²) >= 11 is 0. The van der Waals surface area contributed by atoms with E-state index in [1.165, 1.54) is 30.9 Å². The molecular formula is C14H24N4. The van der Waals surface area contributed by atoms with Crippen LogP contribution in [-0.4, -0.2) is 33.6 Å². The van der Waals surface area contributed by atoms with Gasteiger partial charge in [0.2, 0.25) is 0 Å². The van der Waals surface area contributed by atoms with Crippen LogP contribution >= 0.6 is 0 Å². The Morgan fingerprint density at radius 3 is 2.94 bits per heavy atom. The number of hydrogen-bond acceptors (Lipinski definition) is 3. The molecule has 4 nitrogen and oxygen atoms in total. The van der Waals surface area contributed by atoms with Crippen LogP contribution in [0.1, 0.15) is 56.7 Å². The van der Waals surface area contributed by atoms with Crippen molar-refractivity contribution in [1.29, 1.82) is 0 Å². The molecule has 0 bridgehead atoms. The van der Waals surface area contributed by atoms with Crippen LogP contribution in [0.2, 0.25) is 0 Å². The Kier molecular flexibility index (Phi) is 3.16. The predicted octanol–water partition coefficient (Wildman–Crippen LogP) is 1.87. The third-order valence-corrected chi connectivity index (χ3v) is 4.48. The summed E-state index contributed by atoms with van der Waals surface area (Å²) in [6.45, 7) is 6.88. The molecule has 1 aromatic rings. The van der Waals surface area contributed by atoms with Crippen molar-refractivity contribution in [3.05, 3.63) is 17.7 Å². The zero-order chi connectivity index (χ0) is 12.7. The molecule has 2 aliphatic rings. The Bertz CT molecular complexity index is 423. The Balaban J connectivity index is 1.84. The monoisotopic (exact) mass is 248 g/mol. The number of likely N-dealkylation sites (tertiary alicyclic amines) is 1. The molecule has 2 unspecified atom stereocenters. The van der Waals surface area contributed by atoms with Gasteiger partial charge in [-0.3, -0.25) is 0 Å². The zero-order valence-electron chi connectivity index (χ0n) is 11.5. The Morgan fingerprint density at radius 1 is 1.39 bits per heavy atom. The molecule has 1 fully saturated rings. The maximum atomic E-state index is 6.26. The summed E-state index contributed by atoms with van der Waals surface area (Å²) in [7, 11) is 0. The highest BCUT2D eigenvalue weighted by Crippen LogP contribution is 2.32. The van der Waals surface area contributed by atoms with Gasteiger partial charge < -0.3 is 15.2 Å². The van der Waals surface area contributed by atoms with E-state index in [0.717, 1.165) is 19.4 Å². The second-order valence-corrected chi connectivity index (χ2v) is 6.01. The summed E-state index contributed by atoms with van der Waals surface area (Å²) in [6, 6.07) is 0.638. The first-order chi connectivity index (χ1) is 8.66. The topological polar surface area (TPSA) is 47.1 Å². The van der Waals surface area contributed by atoms with E-state index in [1.807, 2.05) is 6.20 Å². The van der Waals surface area contributed by atoms with Crippen LogP contribution in [0.5, 0.6) is 0 Å². The van der Waals surface area contributed by atoms with Crippen molar-refractivity contribution in [3.63, 3.8) is 0 Å². The zero-order valence-corrected chi connectivity index (χ0v) is 11.5. The van der Waals surface area contributed by atoms with Crippen molar-refractivity contribution in [2.24, 2.45) is 5.73 Å². The van der Waals surface area contributed by atoms with Gasteiger partial charge in [0.15, 0.2) is 0 Å². The van der Waals surface area contributed by atoms with Gasteiger partial charge in [0.1, 0.15) is 5.82 Å². The Hall–Kier alpha value is -0.870. The molecule has 3 heterocycles. The van der Waals surface area contributed by atoms with Gasteiger partial charge in [-0.25, -0.2) is 4.98 Å². The fourth-order valence-corrected chi connectivity index (χ4v) is 3.37. The summed E-state index contributed by atoms with van der Waals surface area (Å²) in [5.41, 5.74) is 7.60. The third kappa shape index (κ3) is 1.97. The lowest BCUT2D eigenvalue weighted by Crippen LogP contribution is -2.30. The molecule has 0 aromatic carbocycles. The van der Waals surface area contributed by atoms with Gasteiger partial charge in [-0.05, 0) is 46.1 Å². The maximum Gasteiger partial charge on any atom is 0.114 e. The summed E-state index contributed by atoms with van der Waals surface area (Å²) in [4.78, 5) is 7.22. The van der Waals surface area contributed by atoms with E-state index in [9.17, 15) is 0 Å². The van der Waals surface area contributed by atoms with Crippen LogP contribution in [0.4, 0.5) is 0 Å². The van der Waals surface area contributed by atoms with Crippen LogP contribution in [0.3, 0.4) is 0 Å². The molecule has 1 aromatic heterocycles. The number of nitrogens with zero attached hydrogens (tertiary/aromatic N) is 3. The summed E-state index contributed by atoms with van der Waals surface area (Å²) in [5, 5.41) is 0. The van der Waals surface area contributed by atoms with Crippen molar-refractivity contribution < 1.29 is 0 Å². The summed E-state index contributed by atoms with van der Waals surface area (Å²) in [6.07, 6.45) is 6.86. The van der Waals surface area contributed by atoms with E-state index in [2.05, 4.69) is 28.3 Å². The van der Waals surface area contributed by atoms with Gasteiger partial charge in [0.05, 0.1) is 6.17 Å². The molecule has 1 saturated heterocycles. The lowest BCUT2D eigenvalue weighted by atomic mass is 10.1. The van der Waals surface area contributed by atoms with Crippen LogP contribution in [0.15, 0.2) is 6.20 Å². The molecule has 0 aliphatic carbocycles. The van der Waals surface area contributed by atoms with E-state index in [0.29, 0.717) is 12.0 Å². The largest absolute Gasteiger partial charge is 0.316 e. The molecular weight excluding hydrogens is 224 g/mol. The average molecular weight is 248 g/mol. The Labute approximate surface area is 109 Å². The van der Waals surface area contributed by atoms with Gasteiger partial charge >= 0.3 is 0 Å². The molecule has 0 radical (unpaired) electrons. The van der Waals surface area contributed by atoms with E-state index in [1.54, 1.807) is 0 Å². The normalized spacial score (nSPS) is 28.9. The smallest absolute Gasteiger partial charge is 0.114 e. The first-order valence-electron chi connectivity index (χ1n) is 7.22. The van der Waals surface area contributed by atoms with E-state index < -0.39 is 0 Å². The highest BCUT2D eigenvalue weighted by Gasteiger charge is 2.31. The van der Waals surface area contributed by atoms with E-state index >= 15 is 0 Å². The molecule has 2 atom stereocenters. The number of imidazole rings is 1. The molecule has 18 heavy (non-hydrogen) atoms. The van der Waals surface area contributed by atoms with E-state index in [-0.39, 0.29) is 6.17 Å². The molecule has 3 rings (SSSR count). The minimum absolute atomic E-state index is 0.152. The summed E-state index contributed by atoms with van der Waals surface area (Å²) in [5.74, 6) is 1.81. The molecule has 0 saturated carbocycles. The number of hydrogen-bond donors (Lipinski definition) is 1. The number of fused-ring (bicyclic) bond motifs is 1. The maximum absolute atomic E-state index is 6.26. The number of rotatable bonds is 2. The highest BCUT2D eigenvalue weighted by atomic mass is 15.2. The first kappa shape index (κ1) is 12.2. The van der Waals surface area contributed by atoms with Crippen molar-refractivity contribution in [2.45, 2.75) is 57.7 Å². The van der Waals surface area contributed by atoms with Crippen LogP contribution in [-0.2, 0) is 6.42 Å². The van der Waals surface area contributed by atoms with Gasteiger partial charge in [-0.2, -0.15) is 0 Å². The molecule has 2 aliphatic heterocycles. The van der Waals surface area contributed by atoms with Crippen molar-refractivity contribution in [1.82, 2.24) is 14.5 Å². The van der Waals surface area contributed by atoms with Crippen LogP contribution < -0.4 is 5.73 Å². The van der Waals surface area contributed by atoms with Crippen molar-refractivity contribution in [3.8, 4) is 0 Å². The summed E-state index contributed by atoms with van der Waals surface area (Å²) < 4.78 is 2.32. The van der Waals surface area contributed by atoms with Crippen LogP contribution in [0.25, 0.3) is 0 Å². The molecule has 0 spiro atoms. The second kappa shape index (κ2) is 4.67. The fourth-order valence-electron chi connectivity index (χ4n) is 3.37. The SMILES string of the molecule is CC(C)N1CCC(c2ncc3n2C(N)CCC3)C1. The number of aromatic nitrogens is 2. The lowest BCUT2D eigenvalue weighted by molar-refractivity contribution is 0.270. The second-order valence-electron chi connectivity index (χ2n) is 6.01.